The summed E-state index contributed by atoms with van der Waals surface area (Å²) < 4.78 is 0. The van der Waals surface area contributed by atoms with E-state index in [1.54, 1.807) is 0 Å². The van der Waals surface area contributed by atoms with E-state index in [9.17, 15) is 0 Å². The van der Waals surface area contributed by atoms with Gasteiger partial charge in [0, 0.05) is 5.54 Å². The van der Waals surface area contributed by atoms with Crippen molar-refractivity contribution in [2.24, 2.45) is 5.41 Å². The van der Waals surface area contributed by atoms with Gasteiger partial charge in [0.1, 0.15) is 0 Å². The van der Waals surface area contributed by atoms with Crippen LogP contribution in [0.1, 0.15) is 34.1 Å². The smallest absolute Gasteiger partial charge is 0.0307 e. The van der Waals surface area contributed by atoms with Gasteiger partial charge in [-0.1, -0.05) is 26.0 Å². The summed E-state index contributed by atoms with van der Waals surface area (Å²) >= 11 is 0. The number of allylic oxidation sites excluding steroid dienone is 1. The number of hydrogen-bond acceptors (Lipinski definition) is 1. The average molecular weight is 153 g/mol. The van der Waals surface area contributed by atoms with Crippen LogP contribution in [0, 0.1) is 5.41 Å². The van der Waals surface area contributed by atoms with Gasteiger partial charge in [-0.25, -0.2) is 0 Å². The lowest BCUT2D eigenvalue weighted by Gasteiger charge is -2.20. The van der Waals surface area contributed by atoms with E-state index in [4.69, 9.17) is 0 Å². The predicted octanol–water partition coefficient (Wildman–Crippen LogP) is 2.34. The summed E-state index contributed by atoms with van der Waals surface area (Å²) in [7, 11) is 0. The second-order valence-electron chi connectivity index (χ2n) is 4.72. The number of rotatable bonds is 0. The van der Waals surface area contributed by atoms with E-state index in [1.807, 2.05) is 0 Å². The fraction of sp³-hybridized carbons (Fsp3) is 0.800. The molecule has 1 heteroatoms. The normalized spacial score (nSPS) is 28.0. The van der Waals surface area contributed by atoms with Crippen molar-refractivity contribution < 1.29 is 0 Å². The lowest BCUT2D eigenvalue weighted by atomic mass is 9.89. The van der Waals surface area contributed by atoms with Gasteiger partial charge in [0.15, 0.2) is 0 Å². The molecule has 11 heavy (non-hydrogen) atoms. The zero-order valence-electron chi connectivity index (χ0n) is 8.07. The predicted molar refractivity (Wildman–Crippen MR) is 49.6 cm³/mol. The maximum Gasteiger partial charge on any atom is 0.0307 e. The minimum absolute atomic E-state index is 0.188. The molecule has 0 fully saturated rings. The maximum absolute atomic E-state index is 3.49. The van der Waals surface area contributed by atoms with E-state index in [-0.39, 0.29) is 5.54 Å². The van der Waals surface area contributed by atoms with E-state index >= 15 is 0 Å². The largest absolute Gasteiger partial charge is 0.308 e. The highest BCUT2D eigenvalue weighted by molar-refractivity contribution is 5.08. The fourth-order valence-corrected chi connectivity index (χ4v) is 1.28. The van der Waals surface area contributed by atoms with Gasteiger partial charge in [-0.2, -0.15) is 0 Å². The van der Waals surface area contributed by atoms with Crippen LogP contribution in [-0.2, 0) is 0 Å². The molecule has 1 aliphatic heterocycles. The first-order valence-corrected chi connectivity index (χ1v) is 4.37. The van der Waals surface area contributed by atoms with Crippen molar-refractivity contribution in [1.82, 2.24) is 5.32 Å². The molecular formula is C10H19N. The van der Waals surface area contributed by atoms with Gasteiger partial charge in [-0.05, 0) is 32.2 Å². The molecule has 0 amide bonds. The third-order valence-electron chi connectivity index (χ3n) is 2.30. The molecule has 1 heterocycles. The minimum Gasteiger partial charge on any atom is -0.308 e. The molecule has 0 aromatic carbocycles. The van der Waals surface area contributed by atoms with Gasteiger partial charge < -0.3 is 5.32 Å². The van der Waals surface area contributed by atoms with Crippen molar-refractivity contribution in [3.05, 3.63) is 12.2 Å². The summed E-state index contributed by atoms with van der Waals surface area (Å²) in [5.41, 5.74) is 0.564. The van der Waals surface area contributed by atoms with E-state index in [1.165, 1.54) is 6.42 Å². The maximum atomic E-state index is 3.49. The van der Waals surface area contributed by atoms with Crippen molar-refractivity contribution >= 4 is 0 Å². The second-order valence-corrected chi connectivity index (χ2v) is 4.72. The Bertz CT molecular complexity index is 148. The molecule has 0 atom stereocenters. The van der Waals surface area contributed by atoms with E-state index in [0.717, 1.165) is 6.54 Å². The molecule has 1 rings (SSSR count). The second kappa shape index (κ2) is 2.63. The Morgan fingerprint density at radius 1 is 1.09 bits per heavy atom. The Balaban J connectivity index is 2.72. The number of nitrogens with one attached hydrogen (secondary N) is 1. The van der Waals surface area contributed by atoms with Crippen molar-refractivity contribution in [2.45, 2.75) is 39.7 Å². The molecule has 0 aromatic heterocycles. The summed E-state index contributed by atoms with van der Waals surface area (Å²) in [6.07, 6.45) is 5.83. The molecular weight excluding hydrogens is 134 g/mol. The lowest BCUT2D eigenvalue weighted by Crippen LogP contribution is -2.36. The molecule has 0 unspecified atom stereocenters. The third-order valence-corrected chi connectivity index (χ3v) is 2.30. The summed E-state index contributed by atoms with van der Waals surface area (Å²) in [6, 6.07) is 0. The fourth-order valence-electron chi connectivity index (χ4n) is 1.28. The van der Waals surface area contributed by atoms with E-state index < -0.39 is 0 Å². The number of hydrogen-bond donors (Lipinski definition) is 1. The topological polar surface area (TPSA) is 12.0 Å². The quantitative estimate of drug-likeness (QED) is 0.527. The summed E-state index contributed by atoms with van der Waals surface area (Å²) in [4.78, 5) is 0. The standard InChI is InChI=1S/C10H19N/c1-9(2)5-6-10(3,4)11-8-7-9/h5-6,11H,7-8H2,1-4H3. The van der Waals surface area contributed by atoms with Crippen LogP contribution in [0.25, 0.3) is 0 Å². The van der Waals surface area contributed by atoms with Crippen LogP contribution in [0.3, 0.4) is 0 Å². The van der Waals surface area contributed by atoms with Gasteiger partial charge >= 0.3 is 0 Å². The first kappa shape index (κ1) is 8.79. The first-order valence-electron chi connectivity index (χ1n) is 4.37. The van der Waals surface area contributed by atoms with Gasteiger partial charge in [0.05, 0.1) is 0 Å². The Hall–Kier alpha value is -0.300. The van der Waals surface area contributed by atoms with Crippen LogP contribution in [-0.4, -0.2) is 12.1 Å². The Labute approximate surface area is 69.9 Å². The average Bonchev–Trinajstić information content (AvgIpc) is 1.92. The zero-order chi connectivity index (χ0) is 8.54. The molecule has 1 aliphatic rings. The first-order chi connectivity index (χ1) is 4.91. The molecule has 0 saturated carbocycles. The zero-order valence-corrected chi connectivity index (χ0v) is 8.07. The van der Waals surface area contributed by atoms with Crippen LogP contribution in [0.15, 0.2) is 12.2 Å². The SMILES string of the molecule is CC1(C)C=CC(C)(C)NCC1. The van der Waals surface area contributed by atoms with Gasteiger partial charge in [0.25, 0.3) is 0 Å². The summed E-state index contributed by atoms with van der Waals surface area (Å²) in [5, 5.41) is 3.49. The molecule has 64 valence electrons. The molecule has 0 bridgehead atoms. The Morgan fingerprint density at radius 3 is 2.36 bits per heavy atom. The summed E-state index contributed by atoms with van der Waals surface area (Å²) in [6.45, 7) is 10.1. The van der Waals surface area contributed by atoms with Crippen LogP contribution in [0.2, 0.25) is 0 Å². The minimum atomic E-state index is 0.188. The van der Waals surface area contributed by atoms with Crippen molar-refractivity contribution in [2.75, 3.05) is 6.54 Å². The Kier molecular flexibility index (Phi) is 2.10. The highest BCUT2D eigenvalue weighted by Gasteiger charge is 2.22. The van der Waals surface area contributed by atoms with Gasteiger partial charge in [-0.3, -0.25) is 0 Å². The Morgan fingerprint density at radius 2 is 1.73 bits per heavy atom. The summed E-state index contributed by atoms with van der Waals surface area (Å²) in [5.74, 6) is 0. The van der Waals surface area contributed by atoms with Crippen molar-refractivity contribution in [3.63, 3.8) is 0 Å². The van der Waals surface area contributed by atoms with E-state index in [0.29, 0.717) is 5.41 Å². The molecule has 1 nitrogen and oxygen atoms in total. The highest BCUT2D eigenvalue weighted by Crippen LogP contribution is 2.25. The highest BCUT2D eigenvalue weighted by atomic mass is 14.9. The van der Waals surface area contributed by atoms with Gasteiger partial charge in [-0.15, -0.1) is 0 Å². The molecule has 1 N–H and O–H groups in total. The van der Waals surface area contributed by atoms with Crippen LogP contribution >= 0.6 is 0 Å². The molecule has 0 radical (unpaired) electrons. The van der Waals surface area contributed by atoms with Crippen LogP contribution < -0.4 is 5.32 Å². The molecule has 0 aromatic rings. The van der Waals surface area contributed by atoms with Gasteiger partial charge in [0.2, 0.25) is 0 Å². The third kappa shape index (κ3) is 2.66. The lowest BCUT2D eigenvalue weighted by molar-refractivity contribution is 0.409. The van der Waals surface area contributed by atoms with Crippen LogP contribution in [0.5, 0.6) is 0 Å². The molecule has 0 spiro atoms. The van der Waals surface area contributed by atoms with Crippen molar-refractivity contribution in [3.8, 4) is 0 Å². The van der Waals surface area contributed by atoms with E-state index in [2.05, 4.69) is 45.2 Å². The molecule has 0 saturated heterocycles. The monoisotopic (exact) mass is 153 g/mol. The molecule has 0 aliphatic carbocycles. The van der Waals surface area contributed by atoms with Crippen LogP contribution in [0.4, 0.5) is 0 Å². The van der Waals surface area contributed by atoms with Crippen molar-refractivity contribution in [1.29, 1.82) is 0 Å².